The van der Waals surface area contributed by atoms with Crippen molar-refractivity contribution in [2.45, 2.75) is 57.5 Å². The Morgan fingerprint density at radius 2 is 2.05 bits per heavy atom. The van der Waals surface area contributed by atoms with Crippen LogP contribution in [0.15, 0.2) is 24.3 Å². The number of rotatable bonds is 5. The fourth-order valence-electron chi connectivity index (χ4n) is 3.55. The second-order valence-electron chi connectivity index (χ2n) is 6.20. The van der Waals surface area contributed by atoms with Gasteiger partial charge in [-0.15, -0.1) is 0 Å². The van der Waals surface area contributed by atoms with E-state index in [9.17, 15) is 4.79 Å². The van der Waals surface area contributed by atoms with Crippen molar-refractivity contribution >= 4 is 5.78 Å². The Balaban J connectivity index is 1.46. The van der Waals surface area contributed by atoms with Gasteiger partial charge in [0.1, 0.15) is 5.78 Å². The summed E-state index contributed by atoms with van der Waals surface area (Å²) in [5.41, 5.74) is 2.83. The molecule has 0 amide bonds. The van der Waals surface area contributed by atoms with Crippen LogP contribution in [0.3, 0.4) is 0 Å². The van der Waals surface area contributed by atoms with E-state index in [0.717, 1.165) is 45.1 Å². The summed E-state index contributed by atoms with van der Waals surface area (Å²) in [6, 6.07) is 8.57. The summed E-state index contributed by atoms with van der Waals surface area (Å²) in [5.74, 6) is 0.729. The SMILES string of the molecule is O=C(CCCC1CCCO1)C1CCc2ccccc2C1. The number of ketones is 1. The van der Waals surface area contributed by atoms with Gasteiger partial charge in [-0.3, -0.25) is 4.79 Å². The van der Waals surface area contributed by atoms with Gasteiger partial charge in [-0.2, -0.15) is 0 Å². The molecular formula is C18H24O2. The molecule has 0 bridgehead atoms. The second-order valence-corrected chi connectivity index (χ2v) is 6.20. The molecule has 1 saturated heterocycles. The Morgan fingerprint density at radius 3 is 2.85 bits per heavy atom. The number of hydrogen-bond acceptors (Lipinski definition) is 2. The molecule has 1 fully saturated rings. The zero-order valence-corrected chi connectivity index (χ0v) is 12.1. The van der Waals surface area contributed by atoms with Gasteiger partial charge in [0, 0.05) is 18.9 Å². The summed E-state index contributed by atoms with van der Waals surface area (Å²) >= 11 is 0. The van der Waals surface area contributed by atoms with Crippen LogP contribution in [0.5, 0.6) is 0 Å². The molecule has 0 aromatic heterocycles. The Bertz CT molecular complexity index is 460. The average Bonchev–Trinajstić information content (AvgIpc) is 3.00. The van der Waals surface area contributed by atoms with E-state index in [1.165, 1.54) is 24.0 Å². The van der Waals surface area contributed by atoms with Gasteiger partial charge in [-0.25, -0.2) is 0 Å². The van der Waals surface area contributed by atoms with E-state index in [2.05, 4.69) is 24.3 Å². The minimum Gasteiger partial charge on any atom is -0.378 e. The first-order valence-corrected chi connectivity index (χ1v) is 8.04. The van der Waals surface area contributed by atoms with E-state index >= 15 is 0 Å². The third-order valence-electron chi connectivity index (χ3n) is 4.78. The summed E-state index contributed by atoms with van der Waals surface area (Å²) in [6.45, 7) is 0.915. The lowest BCUT2D eigenvalue weighted by Crippen LogP contribution is -2.22. The van der Waals surface area contributed by atoms with E-state index in [1.54, 1.807) is 0 Å². The molecule has 1 aliphatic heterocycles. The Morgan fingerprint density at radius 1 is 1.20 bits per heavy atom. The molecule has 2 nitrogen and oxygen atoms in total. The number of carbonyl (C=O) groups excluding carboxylic acids is 1. The van der Waals surface area contributed by atoms with Crippen LogP contribution >= 0.6 is 0 Å². The summed E-state index contributed by atoms with van der Waals surface area (Å²) in [6.07, 6.45) is 8.67. The van der Waals surface area contributed by atoms with Crippen LogP contribution in [0.1, 0.15) is 49.7 Å². The molecule has 0 radical (unpaired) electrons. The molecule has 0 N–H and O–H groups in total. The molecule has 0 saturated carbocycles. The predicted octanol–water partition coefficient (Wildman–Crippen LogP) is 3.71. The summed E-state index contributed by atoms with van der Waals surface area (Å²) in [5, 5.41) is 0. The van der Waals surface area contributed by atoms with Crippen molar-refractivity contribution < 1.29 is 9.53 Å². The Hall–Kier alpha value is -1.15. The minimum absolute atomic E-state index is 0.259. The van der Waals surface area contributed by atoms with Gasteiger partial charge in [-0.1, -0.05) is 24.3 Å². The average molecular weight is 272 g/mol. The van der Waals surface area contributed by atoms with Crippen molar-refractivity contribution in [1.82, 2.24) is 0 Å². The lowest BCUT2D eigenvalue weighted by Gasteiger charge is -2.23. The summed E-state index contributed by atoms with van der Waals surface area (Å²) in [4.78, 5) is 12.3. The van der Waals surface area contributed by atoms with Crippen LogP contribution in [0.4, 0.5) is 0 Å². The Kier molecular flexibility index (Phi) is 4.51. The molecule has 1 aliphatic carbocycles. The van der Waals surface area contributed by atoms with E-state index < -0.39 is 0 Å². The zero-order valence-electron chi connectivity index (χ0n) is 12.1. The van der Waals surface area contributed by atoms with Gasteiger partial charge < -0.3 is 4.74 Å². The first kappa shape index (κ1) is 13.8. The third-order valence-corrected chi connectivity index (χ3v) is 4.78. The van der Waals surface area contributed by atoms with E-state index in [-0.39, 0.29) is 5.92 Å². The highest BCUT2D eigenvalue weighted by atomic mass is 16.5. The van der Waals surface area contributed by atoms with Crippen LogP contribution in [-0.4, -0.2) is 18.5 Å². The molecule has 2 unspecified atom stereocenters. The maximum absolute atomic E-state index is 12.3. The number of Topliss-reactive ketones (excluding diaryl/α,β-unsaturated/α-hetero) is 1. The quantitative estimate of drug-likeness (QED) is 0.816. The van der Waals surface area contributed by atoms with Gasteiger partial charge in [-0.05, 0) is 56.1 Å². The molecule has 108 valence electrons. The van der Waals surface area contributed by atoms with Crippen molar-refractivity contribution in [2.75, 3.05) is 6.61 Å². The number of hydrogen-bond donors (Lipinski definition) is 0. The molecule has 1 aromatic carbocycles. The largest absolute Gasteiger partial charge is 0.378 e. The lowest BCUT2D eigenvalue weighted by atomic mass is 9.80. The molecule has 0 spiro atoms. The van der Waals surface area contributed by atoms with Crippen molar-refractivity contribution in [2.24, 2.45) is 5.92 Å². The molecule has 3 rings (SSSR count). The number of carbonyl (C=O) groups is 1. The van der Waals surface area contributed by atoms with Crippen molar-refractivity contribution in [3.8, 4) is 0 Å². The summed E-state index contributed by atoms with van der Waals surface area (Å²) < 4.78 is 5.62. The lowest BCUT2D eigenvalue weighted by molar-refractivity contribution is -0.123. The summed E-state index contributed by atoms with van der Waals surface area (Å²) in [7, 11) is 0. The van der Waals surface area contributed by atoms with E-state index in [0.29, 0.717) is 11.9 Å². The van der Waals surface area contributed by atoms with Crippen molar-refractivity contribution in [3.05, 3.63) is 35.4 Å². The highest BCUT2D eigenvalue weighted by Crippen LogP contribution is 2.27. The highest BCUT2D eigenvalue weighted by molar-refractivity contribution is 5.81. The number of aryl methyl sites for hydroxylation is 1. The highest BCUT2D eigenvalue weighted by Gasteiger charge is 2.24. The normalized spacial score (nSPS) is 25.4. The maximum atomic E-state index is 12.3. The minimum atomic E-state index is 0.259. The standard InChI is InChI=1S/C18H24O2/c19-18(9-3-7-17-8-4-12-20-17)16-11-10-14-5-1-2-6-15(14)13-16/h1-2,5-6,16-17H,3-4,7-13H2. The second kappa shape index (κ2) is 6.53. The monoisotopic (exact) mass is 272 g/mol. The molecule has 1 aromatic rings. The van der Waals surface area contributed by atoms with Gasteiger partial charge >= 0.3 is 0 Å². The smallest absolute Gasteiger partial charge is 0.136 e. The topological polar surface area (TPSA) is 26.3 Å². The fraction of sp³-hybridized carbons (Fsp3) is 0.611. The molecule has 2 heteroatoms. The predicted molar refractivity (Wildman–Crippen MR) is 79.8 cm³/mol. The fourth-order valence-corrected chi connectivity index (χ4v) is 3.55. The van der Waals surface area contributed by atoms with Gasteiger partial charge in [0.2, 0.25) is 0 Å². The Labute approximate surface area is 121 Å². The molecule has 20 heavy (non-hydrogen) atoms. The molecule has 2 aliphatic rings. The molecule has 1 heterocycles. The van der Waals surface area contributed by atoms with E-state index in [1.807, 2.05) is 0 Å². The zero-order chi connectivity index (χ0) is 13.8. The molecular weight excluding hydrogens is 248 g/mol. The van der Waals surface area contributed by atoms with Crippen LogP contribution in [0.2, 0.25) is 0 Å². The third kappa shape index (κ3) is 3.29. The van der Waals surface area contributed by atoms with Gasteiger partial charge in [0.05, 0.1) is 6.10 Å². The molecule has 2 atom stereocenters. The van der Waals surface area contributed by atoms with Crippen molar-refractivity contribution in [1.29, 1.82) is 0 Å². The van der Waals surface area contributed by atoms with Crippen LogP contribution < -0.4 is 0 Å². The number of ether oxygens (including phenoxy) is 1. The van der Waals surface area contributed by atoms with Crippen LogP contribution in [-0.2, 0) is 22.4 Å². The van der Waals surface area contributed by atoms with Crippen molar-refractivity contribution in [3.63, 3.8) is 0 Å². The number of fused-ring (bicyclic) bond motifs is 1. The van der Waals surface area contributed by atoms with Gasteiger partial charge in [0.15, 0.2) is 0 Å². The van der Waals surface area contributed by atoms with Crippen LogP contribution in [0.25, 0.3) is 0 Å². The van der Waals surface area contributed by atoms with Crippen LogP contribution in [0, 0.1) is 5.92 Å². The first-order chi connectivity index (χ1) is 9.83. The van der Waals surface area contributed by atoms with Gasteiger partial charge in [0.25, 0.3) is 0 Å². The first-order valence-electron chi connectivity index (χ1n) is 8.04. The number of benzene rings is 1. The maximum Gasteiger partial charge on any atom is 0.136 e. The van der Waals surface area contributed by atoms with E-state index in [4.69, 9.17) is 4.74 Å².